The first-order valence-corrected chi connectivity index (χ1v) is 7.63. The van der Waals surface area contributed by atoms with E-state index in [1.165, 1.54) is 6.92 Å². The molecule has 0 spiro atoms. The summed E-state index contributed by atoms with van der Waals surface area (Å²) in [5.41, 5.74) is 5.51. The molecule has 2 rings (SSSR count). The Labute approximate surface area is 117 Å². The van der Waals surface area contributed by atoms with Gasteiger partial charge in [-0.25, -0.2) is 17.5 Å². The summed E-state index contributed by atoms with van der Waals surface area (Å²) in [6, 6.07) is 2.22. The van der Waals surface area contributed by atoms with E-state index in [1.807, 2.05) is 0 Å². The number of nitrogens with one attached hydrogen (secondary N) is 1. The van der Waals surface area contributed by atoms with Gasteiger partial charge in [-0.2, -0.15) is 0 Å². The highest BCUT2D eigenvalue weighted by atomic mass is 32.2. The summed E-state index contributed by atoms with van der Waals surface area (Å²) >= 11 is 0. The lowest BCUT2D eigenvalue weighted by atomic mass is 10.2. The number of ether oxygens (including phenoxy) is 2. The van der Waals surface area contributed by atoms with Gasteiger partial charge in [0.1, 0.15) is 5.82 Å². The Morgan fingerprint density at radius 3 is 2.85 bits per heavy atom. The van der Waals surface area contributed by atoms with E-state index in [-0.39, 0.29) is 23.2 Å². The summed E-state index contributed by atoms with van der Waals surface area (Å²) in [4.78, 5) is -0.0341. The average Bonchev–Trinajstić information content (AvgIpc) is 2.42. The van der Waals surface area contributed by atoms with E-state index in [0.29, 0.717) is 25.4 Å². The van der Waals surface area contributed by atoms with Crippen LogP contribution in [-0.4, -0.2) is 40.9 Å². The Morgan fingerprint density at radius 2 is 2.20 bits per heavy atom. The molecule has 8 heteroatoms. The van der Waals surface area contributed by atoms with E-state index in [9.17, 15) is 12.8 Å². The lowest BCUT2D eigenvalue weighted by molar-refractivity contribution is -0.0846. The van der Waals surface area contributed by atoms with Crippen molar-refractivity contribution in [2.75, 3.05) is 32.1 Å². The van der Waals surface area contributed by atoms with Crippen molar-refractivity contribution in [3.63, 3.8) is 0 Å². The first-order chi connectivity index (χ1) is 9.40. The first kappa shape index (κ1) is 15.2. The summed E-state index contributed by atoms with van der Waals surface area (Å²) in [6.07, 6.45) is -0.323. The molecular formula is C12H17FN2O4S. The van der Waals surface area contributed by atoms with Crippen molar-refractivity contribution < 1.29 is 22.3 Å². The van der Waals surface area contributed by atoms with Crippen molar-refractivity contribution in [1.29, 1.82) is 0 Å². The second-order valence-electron chi connectivity index (χ2n) is 4.56. The van der Waals surface area contributed by atoms with Gasteiger partial charge in [-0.15, -0.1) is 0 Å². The maximum absolute atomic E-state index is 13.2. The number of hydrogen-bond donors (Lipinski definition) is 2. The van der Waals surface area contributed by atoms with Gasteiger partial charge in [0, 0.05) is 6.54 Å². The zero-order valence-electron chi connectivity index (χ0n) is 11.1. The van der Waals surface area contributed by atoms with Crippen LogP contribution in [0.3, 0.4) is 0 Å². The Hall–Kier alpha value is -1.22. The lowest BCUT2D eigenvalue weighted by Crippen LogP contribution is -2.39. The first-order valence-electron chi connectivity index (χ1n) is 6.15. The Bertz CT molecular complexity index is 585. The van der Waals surface area contributed by atoms with Gasteiger partial charge in [0.15, 0.2) is 0 Å². The fraction of sp³-hybridized carbons (Fsp3) is 0.500. The Balaban J connectivity index is 2.11. The van der Waals surface area contributed by atoms with Crippen molar-refractivity contribution >= 4 is 15.7 Å². The minimum Gasteiger partial charge on any atom is -0.396 e. The summed E-state index contributed by atoms with van der Waals surface area (Å²) in [6.45, 7) is 2.90. The van der Waals surface area contributed by atoms with E-state index < -0.39 is 15.8 Å². The van der Waals surface area contributed by atoms with Gasteiger partial charge in [0.25, 0.3) is 0 Å². The molecule has 1 atom stereocenters. The second-order valence-corrected chi connectivity index (χ2v) is 6.29. The summed E-state index contributed by atoms with van der Waals surface area (Å²) in [5, 5.41) is 0. The van der Waals surface area contributed by atoms with Gasteiger partial charge in [-0.3, -0.25) is 0 Å². The average molecular weight is 304 g/mol. The van der Waals surface area contributed by atoms with Crippen LogP contribution in [-0.2, 0) is 19.5 Å². The smallest absolute Gasteiger partial charge is 0.240 e. The minimum absolute atomic E-state index is 0.0341. The SMILES string of the molecule is Cc1cc(F)c(N)cc1S(=O)(=O)NCC1COCCO1. The van der Waals surface area contributed by atoms with Crippen LogP contribution in [0, 0.1) is 12.7 Å². The number of anilines is 1. The quantitative estimate of drug-likeness (QED) is 0.786. The highest BCUT2D eigenvalue weighted by Crippen LogP contribution is 2.21. The third-order valence-electron chi connectivity index (χ3n) is 2.97. The molecule has 0 aromatic heterocycles. The molecule has 1 heterocycles. The Morgan fingerprint density at radius 1 is 1.45 bits per heavy atom. The number of aryl methyl sites for hydroxylation is 1. The van der Waals surface area contributed by atoms with Crippen LogP contribution in [0.2, 0.25) is 0 Å². The van der Waals surface area contributed by atoms with E-state index in [0.717, 1.165) is 12.1 Å². The highest BCUT2D eigenvalue weighted by Gasteiger charge is 2.22. The number of benzene rings is 1. The minimum atomic E-state index is -3.76. The number of hydrogen-bond acceptors (Lipinski definition) is 5. The number of nitrogen functional groups attached to an aromatic ring is 1. The summed E-state index contributed by atoms with van der Waals surface area (Å²) in [7, 11) is -3.76. The molecule has 112 valence electrons. The zero-order chi connectivity index (χ0) is 14.8. The summed E-state index contributed by atoms with van der Waals surface area (Å²) in [5.74, 6) is -0.634. The van der Waals surface area contributed by atoms with Crippen molar-refractivity contribution in [2.45, 2.75) is 17.9 Å². The van der Waals surface area contributed by atoms with Gasteiger partial charge in [0.2, 0.25) is 10.0 Å². The van der Waals surface area contributed by atoms with Gasteiger partial charge in [0.05, 0.1) is 36.5 Å². The Kier molecular flexibility index (Phi) is 4.59. The molecule has 0 bridgehead atoms. The molecule has 1 aromatic carbocycles. The van der Waals surface area contributed by atoms with E-state index in [2.05, 4.69) is 4.72 Å². The molecule has 3 N–H and O–H groups in total. The lowest BCUT2D eigenvalue weighted by Gasteiger charge is -2.23. The summed E-state index contributed by atoms with van der Waals surface area (Å²) < 4.78 is 50.5. The number of sulfonamides is 1. The molecule has 0 amide bonds. The predicted octanol–water partition coefficient (Wildman–Crippen LogP) is 0.410. The van der Waals surface area contributed by atoms with Crippen LogP contribution >= 0.6 is 0 Å². The standard InChI is InChI=1S/C12H17FN2O4S/c1-8-4-10(13)11(14)5-12(8)20(16,17)15-6-9-7-18-2-3-19-9/h4-5,9,15H,2-3,6-7,14H2,1H3. The molecule has 0 saturated carbocycles. The largest absolute Gasteiger partial charge is 0.396 e. The predicted molar refractivity (Wildman–Crippen MR) is 71.3 cm³/mol. The molecule has 1 aliphatic rings. The molecule has 0 aliphatic carbocycles. The molecule has 1 fully saturated rings. The molecule has 1 unspecified atom stereocenters. The van der Waals surface area contributed by atoms with Crippen LogP contribution in [0.1, 0.15) is 5.56 Å². The molecule has 6 nitrogen and oxygen atoms in total. The zero-order valence-corrected chi connectivity index (χ0v) is 11.9. The van der Waals surface area contributed by atoms with Crippen LogP contribution < -0.4 is 10.5 Å². The maximum Gasteiger partial charge on any atom is 0.240 e. The van der Waals surface area contributed by atoms with Crippen molar-refractivity contribution in [2.24, 2.45) is 0 Å². The molecular weight excluding hydrogens is 287 g/mol. The number of rotatable bonds is 4. The number of halogens is 1. The van der Waals surface area contributed by atoms with E-state index >= 15 is 0 Å². The monoisotopic (exact) mass is 304 g/mol. The second kappa shape index (κ2) is 6.04. The van der Waals surface area contributed by atoms with Gasteiger partial charge >= 0.3 is 0 Å². The fourth-order valence-electron chi connectivity index (χ4n) is 1.89. The third kappa shape index (κ3) is 3.45. The van der Waals surface area contributed by atoms with Crippen LogP contribution in [0.5, 0.6) is 0 Å². The molecule has 1 saturated heterocycles. The number of nitrogens with two attached hydrogens (primary N) is 1. The van der Waals surface area contributed by atoms with Crippen LogP contribution in [0.25, 0.3) is 0 Å². The van der Waals surface area contributed by atoms with Crippen molar-refractivity contribution in [3.8, 4) is 0 Å². The highest BCUT2D eigenvalue weighted by molar-refractivity contribution is 7.89. The van der Waals surface area contributed by atoms with E-state index in [1.54, 1.807) is 0 Å². The van der Waals surface area contributed by atoms with Crippen molar-refractivity contribution in [3.05, 3.63) is 23.5 Å². The molecule has 1 aromatic rings. The van der Waals surface area contributed by atoms with Gasteiger partial charge in [-0.1, -0.05) is 0 Å². The molecule has 20 heavy (non-hydrogen) atoms. The maximum atomic E-state index is 13.2. The normalized spacial score (nSPS) is 20.0. The van der Waals surface area contributed by atoms with Crippen LogP contribution in [0.15, 0.2) is 17.0 Å². The molecule has 0 radical (unpaired) electrons. The third-order valence-corrected chi connectivity index (χ3v) is 4.54. The topological polar surface area (TPSA) is 90.7 Å². The van der Waals surface area contributed by atoms with Crippen LogP contribution in [0.4, 0.5) is 10.1 Å². The fourth-order valence-corrected chi connectivity index (χ4v) is 3.22. The van der Waals surface area contributed by atoms with Gasteiger partial charge < -0.3 is 15.2 Å². The van der Waals surface area contributed by atoms with E-state index in [4.69, 9.17) is 15.2 Å². The van der Waals surface area contributed by atoms with Crippen molar-refractivity contribution in [1.82, 2.24) is 4.72 Å². The molecule has 1 aliphatic heterocycles. The van der Waals surface area contributed by atoms with Gasteiger partial charge in [-0.05, 0) is 24.6 Å².